The van der Waals surface area contributed by atoms with E-state index < -0.39 is 29.7 Å². The van der Waals surface area contributed by atoms with E-state index in [1.54, 1.807) is 23.2 Å². The number of aromatic nitrogens is 1. The van der Waals surface area contributed by atoms with Crippen molar-refractivity contribution in [2.24, 2.45) is 0 Å². The second-order valence-electron chi connectivity index (χ2n) is 13.4. The van der Waals surface area contributed by atoms with E-state index in [0.717, 1.165) is 30.4 Å². The van der Waals surface area contributed by atoms with E-state index in [9.17, 15) is 19.2 Å². The molecule has 1 N–H and O–H groups in total. The molecule has 1 aromatic heterocycles. The van der Waals surface area contributed by atoms with Crippen LogP contribution in [-0.2, 0) is 25.7 Å². The first-order chi connectivity index (χ1) is 24.5. The number of carbonyl (C=O) groups is 2. The zero-order valence-corrected chi connectivity index (χ0v) is 30.4. The van der Waals surface area contributed by atoms with Gasteiger partial charge in [0.05, 0.1) is 5.56 Å². The predicted octanol–water partition coefficient (Wildman–Crippen LogP) is 7.39. The third-order valence-corrected chi connectivity index (χ3v) is 9.13. The Hall–Kier alpha value is -4.82. The van der Waals surface area contributed by atoms with Crippen molar-refractivity contribution in [2.45, 2.75) is 77.4 Å². The highest BCUT2D eigenvalue weighted by Crippen LogP contribution is 2.37. The summed E-state index contributed by atoms with van der Waals surface area (Å²) in [6.07, 6.45) is 7.71. The maximum Gasteiger partial charge on any atom is 0.410 e. The molecule has 13 heteroatoms. The molecular formula is C38H40BrFN6O5. The lowest BCUT2D eigenvalue weighted by Crippen LogP contribution is -2.48. The lowest BCUT2D eigenvalue weighted by Gasteiger charge is -2.39. The number of benzene rings is 2. The van der Waals surface area contributed by atoms with Crippen molar-refractivity contribution in [1.82, 2.24) is 15.4 Å². The van der Waals surface area contributed by atoms with Gasteiger partial charge in [-0.05, 0) is 97.3 Å². The zero-order chi connectivity index (χ0) is 36.5. The van der Waals surface area contributed by atoms with E-state index in [0.29, 0.717) is 60.5 Å². The molecule has 2 amide bonds. The molecule has 2 aliphatic rings. The Morgan fingerprint density at radius 1 is 1.12 bits per heavy atom. The number of carbonyl (C=O) groups excluding carboxylic acids is 2. The summed E-state index contributed by atoms with van der Waals surface area (Å²) in [5, 5.41) is 19.4. The fraction of sp³-hybridized carbons (Fsp3) is 0.395. The van der Waals surface area contributed by atoms with Crippen LogP contribution >= 0.6 is 15.9 Å². The largest absolute Gasteiger partial charge is 0.444 e. The molecule has 0 radical (unpaired) electrons. The molecule has 11 nitrogen and oxygen atoms in total. The first kappa shape index (κ1) is 37.4. The monoisotopic (exact) mass is 758 g/mol. The summed E-state index contributed by atoms with van der Waals surface area (Å²) in [7, 11) is 0. The van der Waals surface area contributed by atoms with Crippen LogP contribution in [0, 0.1) is 28.5 Å². The van der Waals surface area contributed by atoms with Gasteiger partial charge in [0.2, 0.25) is 0 Å². The summed E-state index contributed by atoms with van der Waals surface area (Å²) in [6, 6.07) is 15.7. The van der Waals surface area contributed by atoms with Gasteiger partial charge >= 0.3 is 6.09 Å². The van der Waals surface area contributed by atoms with Crippen molar-refractivity contribution in [1.29, 1.82) is 10.5 Å². The van der Waals surface area contributed by atoms with Crippen LogP contribution in [0.5, 0.6) is 0 Å². The Morgan fingerprint density at radius 2 is 1.86 bits per heavy atom. The second kappa shape index (κ2) is 16.9. The topological polar surface area (TPSA) is 141 Å². The van der Waals surface area contributed by atoms with Gasteiger partial charge in [-0.15, -0.1) is 0 Å². The first-order valence-corrected chi connectivity index (χ1v) is 17.6. The molecule has 2 fully saturated rings. The molecule has 1 unspecified atom stereocenters. The van der Waals surface area contributed by atoms with Crippen LogP contribution in [0.2, 0.25) is 0 Å². The molecule has 2 aromatic carbocycles. The minimum atomic E-state index is -0.692. The van der Waals surface area contributed by atoms with E-state index in [4.69, 9.17) is 19.6 Å². The highest BCUT2D eigenvalue weighted by Gasteiger charge is 2.33. The minimum Gasteiger partial charge on any atom is -0.444 e. The molecule has 0 saturated carbocycles. The van der Waals surface area contributed by atoms with Gasteiger partial charge in [0.1, 0.15) is 34.9 Å². The molecule has 5 rings (SSSR count). The number of halogens is 2. The summed E-state index contributed by atoms with van der Waals surface area (Å²) in [5.41, 5.74) is 4.56. The minimum absolute atomic E-state index is 0.0804. The number of hydroxylamine groups is 1. The van der Waals surface area contributed by atoms with E-state index in [2.05, 4.69) is 32.5 Å². The molecule has 2 aliphatic heterocycles. The molecule has 0 aliphatic carbocycles. The van der Waals surface area contributed by atoms with Gasteiger partial charge in [0.25, 0.3) is 5.91 Å². The quantitative estimate of drug-likeness (QED) is 0.175. The standard InChI is InChI=1S/C38H40BrFN6O5/c1-38(2,3)50-37(48)46(24-26-9-7-25(8-10-26)11-14-33(47)44-51-34-6-4-5-19-49-34)29-15-17-45(18-16-29)36-30(22-42)35(31(39)23-43-36)27-12-13-28(21-41)32(40)20-27/h7-14,20,23,29,34H,4-6,15-19,24H2,1-3H3,(H,44,47)/b14-11+. The number of piperidine rings is 1. The number of nitrogens with one attached hydrogen (secondary N) is 1. The highest BCUT2D eigenvalue weighted by atomic mass is 79.9. The van der Waals surface area contributed by atoms with E-state index in [1.165, 1.54) is 18.2 Å². The number of rotatable bonds is 9. The number of nitriles is 2. The van der Waals surface area contributed by atoms with Crippen LogP contribution in [0.4, 0.5) is 15.0 Å². The Balaban J connectivity index is 1.27. The SMILES string of the molecule is CC(C)(C)OC(=O)N(Cc1ccc(/C=C/C(=O)NOC2CCCCO2)cc1)C1CCN(c2ncc(Br)c(-c3ccc(C#N)c(F)c3)c2C#N)CC1. The van der Waals surface area contributed by atoms with Gasteiger partial charge in [-0.25, -0.2) is 24.5 Å². The Bertz CT molecular complexity index is 1840. The van der Waals surface area contributed by atoms with Gasteiger partial charge in [0.15, 0.2) is 6.29 Å². The molecule has 1 atom stereocenters. The van der Waals surface area contributed by atoms with Crippen LogP contribution in [0.15, 0.2) is 59.2 Å². The Kier molecular flexibility index (Phi) is 12.4. The number of nitrogens with zero attached hydrogens (tertiary/aromatic N) is 5. The van der Waals surface area contributed by atoms with E-state index >= 15 is 0 Å². The third kappa shape index (κ3) is 9.91. The molecule has 3 heterocycles. The number of hydrogen-bond acceptors (Lipinski definition) is 9. The number of hydrogen-bond donors (Lipinski definition) is 1. The van der Waals surface area contributed by atoms with Crippen LogP contribution in [0.25, 0.3) is 17.2 Å². The first-order valence-electron chi connectivity index (χ1n) is 16.8. The van der Waals surface area contributed by atoms with Crippen LogP contribution in [0.1, 0.15) is 75.1 Å². The van der Waals surface area contributed by atoms with Gasteiger partial charge in [-0.3, -0.25) is 4.79 Å². The van der Waals surface area contributed by atoms with Crippen molar-refractivity contribution in [3.8, 4) is 23.3 Å². The summed E-state index contributed by atoms with van der Waals surface area (Å²) in [6.45, 7) is 7.44. The average Bonchev–Trinajstić information content (AvgIpc) is 3.12. The smallest absolute Gasteiger partial charge is 0.410 e. The van der Waals surface area contributed by atoms with Crippen molar-refractivity contribution in [3.63, 3.8) is 0 Å². The van der Waals surface area contributed by atoms with Crippen molar-refractivity contribution >= 4 is 39.8 Å². The van der Waals surface area contributed by atoms with E-state index in [1.807, 2.05) is 56.0 Å². The number of ether oxygens (including phenoxy) is 2. The molecule has 2 saturated heterocycles. The van der Waals surface area contributed by atoms with Crippen molar-refractivity contribution in [2.75, 3.05) is 24.6 Å². The lowest BCUT2D eigenvalue weighted by molar-refractivity contribution is -0.198. The fourth-order valence-electron chi connectivity index (χ4n) is 5.98. The lowest BCUT2D eigenvalue weighted by atomic mass is 9.98. The van der Waals surface area contributed by atoms with Crippen molar-refractivity contribution < 1.29 is 28.3 Å². The third-order valence-electron chi connectivity index (χ3n) is 8.52. The van der Waals surface area contributed by atoms with Gasteiger partial charge in [-0.1, -0.05) is 30.3 Å². The van der Waals surface area contributed by atoms with Crippen LogP contribution in [0.3, 0.4) is 0 Å². The fourth-order valence-corrected chi connectivity index (χ4v) is 6.51. The van der Waals surface area contributed by atoms with Gasteiger partial charge < -0.3 is 19.3 Å². The van der Waals surface area contributed by atoms with Crippen LogP contribution < -0.4 is 10.4 Å². The normalized spacial score (nSPS) is 16.7. The Morgan fingerprint density at radius 3 is 2.49 bits per heavy atom. The van der Waals surface area contributed by atoms with E-state index in [-0.39, 0.29) is 17.2 Å². The summed E-state index contributed by atoms with van der Waals surface area (Å²) in [5.74, 6) is -0.596. The summed E-state index contributed by atoms with van der Waals surface area (Å²) < 4.78 is 26.4. The molecule has 51 heavy (non-hydrogen) atoms. The van der Waals surface area contributed by atoms with Crippen molar-refractivity contribution in [3.05, 3.63) is 87.3 Å². The molecule has 0 bridgehead atoms. The van der Waals surface area contributed by atoms with Crippen LogP contribution in [-0.4, -0.2) is 59.5 Å². The molecule has 266 valence electrons. The zero-order valence-electron chi connectivity index (χ0n) is 28.8. The van der Waals surface area contributed by atoms with Gasteiger partial charge in [-0.2, -0.15) is 10.5 Å². The average molecular weight is 760 g/mol. The maximum atomic E-state index is 14.6. The highest BCUT2D eigenvalue weighted by molar-refractivity contribution is 9.10. The van der Waals surface area contributed by atoms with Gasteiger partial charge in [0, 0.05) is 61.0 Å². The number of amides is 2. The maximum absolute atomic E-state index is 14.6. The number of pyridine rings is 1. The second-order valence-corrected chi connectivity index (χ2v) is 14.2. The molecular weight excluding hydrogens is 719 g/mol. The molecule has 3 aromatic rings. The summed E-state index contributed by atoms with van der Waals surface area (Å²) in [4.78, 5) is 39.4. The summed E-state index contributed by atoms with van der Waals surface area (Å²) >= 11 is 3.47. The Labute approximate surface area is 305 Å². The predicted molar refractivity (Wildman–Crippen MR) is 192 cm³/mol. The molecule has 0 spiro atoms. The number of anilines is 1.